The van der Waals surface area contributed by atoms with E-state index in [-0.39, 0.29) is 29.8 Å². The first-order valence-corrected chi connectivity index (χ1v) is 11.6. The minimum Gasteiger partial charge on any atom is -0.493 e. The molecule has 0 aliphatic carbocycles. The Morgan fingerprint density at radius 1 is 1.03 bits per heavy atom. The Bertz CT molecular complexity index is 973. The highest BCUT2D eigenvalue weighted by Crippen LogP contribution is 2.32. The molecule has 0 atom stereocenters. The number of rotatable bonds is 9. The smallest absolute Gasteiger partial charge is 0.243 e. The van der Waals surface area contributed by atoms with Crippen molar-refractivity contribution in [2.75, 3.05) is 40.5 Å². The molecule has 1 N–H and O–H groups in total. The van der Waals surface area contributed by atoms with Gasteiger partial charge in [-0.2, -0.15) is 4.31 Å². The van der Waals surface area contributed by atoms with Gasteiger partial charge in [0.15, 0.2) is 11.5 Å². The van der Waals surface area contributed by atoms with Crippen molar-refractivity contribution < 1.29 is 27.4 Å². The van der Waals surface area contributed by atoms with E-state index in [1.165, 1.54) is 30.7 Å². The highest BCUT2D eigenvalue weighted by atomic mass is 32.2. The van der Waals surface area contributed by atoms with Crippen molar-refractivity contribution in [3.05, 3.63) is 48.5 Å². The lowest BCUT2D eigenvalue weighted by Gasteiger charge is -2.30. The number of nitrogens with zero attached hydrogens (tertiary/aromatic N) is 1. The molecule has 3 rings (SSSR count). The number of methoxy groups -OCH3 is 2. The van der Waals surface area contributed by atoms with Crippen LogP contribution in [0.15, 0.2) is 53.4 Å². The number of hydrogen-bond donors (Lipinski definition) is 1. The van der Waals surface area contributed by atoms with Gasteiger partial charge in [-0.05, 0) is 37.1 Å². The number of sulfonamides is 1. The zero-order chi connectivity index (χ0) is 22.3. The van der Waals surface area contributed by atoms with E-state index in [2.05, 4.69) is 5.32 Å². The molecular weight excluding hydrogens is 420 g/mol. The molecule has 168 valence electrons. The van der Waals surface area contributed by atoms with Crippen molar-refractivity contribution in [1.29, 1.82) is 0 Å². The molecule has 0 radical (unpaired) electrons. The van der Waals surface area contributed by atoms with Crippen LogP contribution in [-0.4, -0.2) is 59.1 Å². The van der Waals surface area contributed by atoms with Gasteiger partial charge < -0.3 is 19.5 Å². The summed E-state index contributed by atoms with van der Waals surface area (Å²) in [6.07, 6.45) is 0.940. The average molecular weight is 449 g/mol. The number of amides is 1. The molecule has 1 aliphatic rings. The normalized spacial score (nSPS) is 15.3. The Hall–Kier alpha value is -2.78. The average Bonchev–Trinajstić information content (AvgIpc) is 2.82. The quantitative estimate of drug-likeness (QED) is 0.592. The van der Waals surface area contributed by atoms with Crippen molar-refractivity contribution in [3.63, 3.8) is 0 Å². The van der Waals surface area contributed by atoms with Crippen LogP contribution in [0.5, 0.6) is 17.2 Å². The minimum atomic E-state index is -3.67. The van der Waals surface area contributed by atoms with Crippen LogP contribution < -0.4 is 19.5 Å². The molecule has 1 fully saturated rings. The minimum absolute atomic E-state index is 0.0696. The van der Waals surface area contributed by atoms with Gasteiger partial charge in [-0.25, -0.2) is 8.42 Å². The predicted molar refractivity (Wildman–Crippen MR) is 116 cm³/mol. The van der Waals surface area contributed by atoms with Crippen LogP contribution in [0.25, 0.3) is 0 Å². The number of hydrogen-bond acceptors (Lipinski definition) is 6. The number of para-hydroxylation sites is 1. The largest absolute Gasteiger partial charge is 0.493 e. The van der Waals surface area contributed by atoms with Crippen LogP contribution in [0.3, 0.4) is 0 Å². The summed E-state index contributed by atoms with van der Waals surface area (Å²) in [7, 11) is -0.717. The highest BCUT2D eigenvalue weighted by molar-refractivity contribution is 7.89. The van der Waals surface area contributed by atoms with Crippen molar-refractivity contribution >= 4 is 15.9 Å². The maximum atomic E-state index is 13.0. The second-order valence-corrected chi connectivity index (χ2v) is 9.09. The van der Waals surface area contributed by atoms with E-state index in [0.29, 0.717) is 37.5 Å². The fraction of sp³-hybridized carbons (Fsp3) is 0.409. The molecule has 1 amide bonds. The zero-order valence-corrected chi connectivity index (χ0v) is 18.6. The Labute approximate surface area is 183 Å². The van der Waals surface area contributed by atoms with E-state index < -0.39 is 10.0 Å². The maximum Gasteiger partial charge on any atom is 0.243 e. The van der Waals surface area contributed by atoms with Crippen molar-refractivity contribution in [2.45, 2.75) is 17.7 Å². The molecule has 2 aromatic rings. The lowest BCUT2D eigenvalue weighted by Crippen LogP contribution is -2.43. The first kappa shape index (κ1) is 22.9. The van der Waals surface area contributed by atoms with Gasteiger partial charge in [0, 0.05) is 25.1 Å². The van der Waals surface area contributed by atoms with Crippen LogP contribution in [0.1, 0.15) is 12.8 Å². The zero-order valence-electron chi connectivity index (χ0n) is 17.7. The molecule has 1 saturated heterocycles. The van der Waals surface area contributed by atoms with E-state index in [9.17, 15) is 13.2 Å². The van der Waals surface area contributed by atoms with Crippen LogP contribution >= 0.6 is 0 Å². The summed E-state index contributed by atoms with van der Waals surface area (Å²) >= 11 is 0. The lowest BCUT2D eigenvalue weighted by atomic mass is 9.97. The monoisotopic (exact) mass is 448 g/mol. The third-order valence-electron chi connectivity index (χ3n) is 5.23. The lowest BCUT2D eigenvalue weighted by molar-refractivity contribution is -0.126. The SMILES string of the molecule is COc1ccc(S(=O)(=O)N2CCC(C(=O)NCCOc3ccccc3)CC2)cc1OC. The number of nitrogens with one attached hydrogen (secondary N) is 1. The molecule has 1 aliphatic heterocycles. The Morgan fingerprint density at radius 2 is 1.71 bits per heavy atom. The molecule has 1 heterocycles. The number of piperidine rings is 1. The fourth-order valence-corrected chi connectivity index (χ4v) is 4.97. The fourth-order valence-electron chi connectivity index (χ4n) is 3.49. The maximum absolute atomic E-state index is 13.0. The van der Waals surface area contributed by atoms with E-state index >= 15 is 0 Å². The summed E-state index contributed by atoms with van der Waals surface area (Å²) in [5.74, 6) is 1.29. The molecular formula is C22H28N2O6S. The van der Waals surface area contributed by atoms with E-state index in [0.717, 1.165) is 5.75 Å². The number of ether oxygens (including phenoxy) is 3. The van der Waals surface area contributed by atoms with Gasteiger partial charge in [-0.15, -0.1) is 0 Å². The summed E-state index contributed by atoms with van der Waals surface area (Å²) in [5.41, 5.74) is 0. The number of carbonyl (C=O) groups excluding carboxylic acids is 1. The van der Waals surface area contributed by atoms with E-state index in [1.54, 1.807) is 6.07 Å². The van der Waals surface area contributed by atoms with Crippen molar-refractivity contribution in [3.8, 4) is 17.2 Å². The van der Waals surface area contributed by atoms with Gasteiger partial charge in [0.1, 0.15) is 12.4 Å². The molecule has 0 aromatic heterocycles. The second-order valence-electron chi connectivity index (χ2n) is 7.15. The molecule has 8 nitrogen and oxygen atoms in total. The van der Waals surface area contributed by atoms with Crippen LogP contribution in [-0.2, 0) is 14.8 Å². The number of carbonyl (C=O) groups is 1. The molecule has 2 aromatic carbocycles. The van der Waals surface area contributed by atoms with Crippen molar-refractivity contribution in [1.82, 2.24) is 9.62 Å². The second kappa shape index (κ2) is 10.5. The summed E-state index contributed by atoms with van der Waals surface area (Å²) < 4.78 is 43.3. The van der Waals surface area contributed by atoms with Gasteiger partial charge in [-0.3, -0.25) is 4.79 Å². The van der Waals surface area contributed by atoms with Crippen molar-refractivity contribution in [2.24, 2.45) is 5.92 Å². The van der Waals surface area contributed by atoms with Gasteiger partial charge in [0.2, 0.25) is 15.9 Å². The van der Waals surface area contributed by atoms with Gasteiger partial charge in [0.05, 0.1) is 25.7 Å². The standard InChI is InChI=1S/C22H28N2O6S/c1-28-20-9-8-19(16-21(20)29-2)31(26,27)24-13-10-17(11-14-24)22(25)23-12-15-30-18-6-4-3-5-7-18/h3-9,16-17H,10-15H2,1-2H3,(H,23,25). The predicted octanol–water partition coefficient (Wildman–Crippen LogP) is 2.30. The third kappa shape index (κ3) is 5.68. The van der Waals surface area contributed by atoms with Gasteiger partial charge in [0.25, 0.3) is 0 Å². The molecule has 0 unspecified atom stereocenters. The third-order valence-corrected chi connectivity index (χ3v) is 7.13. The summed E-state index contributed by atoms with van der Waals surface area (Å²) in [4.78, 5) is 12.6. The topological polar surface area (TPSA) is 94.2 Å². The summed E-state index contributed by atoms with van der Waals surface area (Å²) in [6, 6.07) is 13.9. The van der Waals surface area contributed by atoms with Crippen LogP contribution in [0.4, 0.5) is 0 Å². The first-order chi connectivity index (χ1) is 15.0. The van der Waals surface area contributed by atoms with Gasteiger partial charge >= 0.3 is 0 Å². The highest BCUT2D eigenvalue weighted by Gasteiger charge is 2.32. The molecule has 31 heavy (non-hydrogen) atoms. The summed E-state index contributed by atoms with van der Waals surface area (Å²) in [5, 5.41) is 2.87. The molecule has 0 bridgehead atoms. The Balaban J connectivity index is 1.49. The van der Waals surface area contributed by atoms with E-state index in [1.807, 2.05) is 30.3 Å². The van der Waals surface area contributed by atoms with E-state index in [4.69, 9.17) is 14.2 Å². The number of benzene rings is 2. The molecule has 0 saturated carbocycles. The van der Waals surface area contributed by atoms with Gasteiger partial charge in [-0.1, -0.05) is 18.2 Å². The van der Waals surface area contributed by atoms with Crippen LogP contribution in [0.2, 0.25) is 0 Å². The Kier molecular flexibility index (Phi) is 7.75. The van der Waals surface area contributed by atoms with Crippen LogP contribution in [0, 0.1) is 5.92 Å². The molecule has 0 spiro atoms. The summed E-state index contributed by atoms with van der Waals surface area (Å²) in [6.45, 7) is 1.35. The molecule has 9 heteroatoms. The Morgan fingerprint density at radius 3 is 2.35 bits per heavy atom. The first-order valence-electron chi connectivity index (χ1n) is 10.1.